The molecule has 0 radical (unpaired) electrons. The molecule has 0 amide bonds. The van der Waals surface area contributed by atoms with Crippen LogP contribution in [0.25, 0.3) is 11.1 Å². The van der Waals surface area contributed by atoms with Gasteiger partial charge in [-0.25, -0.2) is 6.08 Å². The zero-order chi connectivity index (χ0) is 37.2. The maximum atomic E-state index is 12.7. The maximum Gasteiger partial charge on any atom is -1.00 e. The van der Waals surface area contributed by atoms with Crippen LogP contribution in [0.3, 0.4) is 0 Å². The number of rotatable bonds is 3. The number of halogens is 8. The van der Waals surface area contributed by atoms with Crippen LogP contribution in [0.1, 0.15) is 89.8 Å². The van der Waals surface area contributed by atoms with Crippen LogP contribution < -0.4 is 24.8 Å². The smallest absolute Gasteiger partial charge is 1.00 e. The minimum absolute atomic E-state index is 0. The minimum atomic E-state index is -4.49. The van der Waals surface area contributed by atoms with Crippen molar-refractivity contribution < 1.29 is 75.4 Å². The van der Waals surface area contributed by atoms with Crippen molar-refractivity contribution in [2.45, 2.75) is 80.6 Å². The van der Waals surface area contributed by atoms with Gasteiger partial charge in [0.05, 0.1) is 0 Å². The van der Waals surface area contributed by atoms with E-state index in [-0.39, 0.29) is 35.9 Å². The standard InChI is InChI=1S/C17H17.C15H8F6.C11H17.2ClH.Zr/c1-10-5-14-9-15-6-11(2)13(4)8-17(15)16(14)7-12(10)3;16-14(17,18)12-5-1-3-10(8-12)7-11-4-2-6-13(9-11)15(19,20)21;1-5-9-6-7-10(8-9)11(2,3)4;;;/h5,7-8H,9H2,1-4H3;1-6,8-9H;7-9H,5H2,1-4H3;2*1H;/q-1;;-1;;;+2/p-2. The third-order valence-electron chi connectivity index (χ3n) is 9.09. The first-order valence-electron chi connectivity index (χ1n) is 16.6. The molecule has 0 heterocycles. The molecule has 2 aliphatic carbocycles. The van der Waals surface area contributed by atoms with Gasteiger partial charge in [-0.3, -0.25) is 6.08 Å². The van der Waals surface area contributed by atoms with Crippen molar-refractivity contribution in [3.05, 3.63) is 152 Å². The van der Waals surface area contributed by atoms with Crippen LogP contribution >= 0.6 is 0 Å². The second-order valence-electron chi connectivity index (χ2n) is 14.0. The summed E-state index contributed by atoms with van der Waals surface area (Å²) in [5, 5.41) is 0. The van der Waals surface area contributed by atoms with E-state index in [9.17, 15) is 26.3 Å². The van der Waals surface area contributed by atoms with Crippen LogP contribution in [0.5, 0.6) is 0 Å². The van der Waals surface area contributed by atoms with E-state index >= 15 is 0 Å². The van der Waals surface area contributed by atoms with Crippen molar-refractivity contribution in [3.63, 3.8) is 0 Å². The van der Waals surface area contributed by atoms with Gasteiger partial charge in [-0.15, -0.1) is 11.1 Å². The van der Waals surface area contributed by atoms with Crippen LogP contribution in [0.2, 0.25) is 0 Å². The molecule has 6 rings (SSSR count). The summed E-state index contributed by atoms with van der Waals surface area (Å²) >= 11 is 0.729. The molecule has 0 spiro atoms. The fraction of sp³-hybridized carbons (Fsp3) is 0.326. The van der Waals surface area contributed by atoms with Crippen molar-refractivity contribution in [1.82, 2.24) is 0 Å². The van der Waals surface area contributed by atoms with Crippen LogP contribution in [0, 0.1) is 51.2 Å². The Balaban J connectivity index is 0.000000279. The van der Waals surface area contributed by atoms with E-state index < -0.39 is 23.5 Å². The third-order valence-corrected chi connectivity index (χ3v) is 10.5. The first kappa shape index (κ1) is 45.4. The van der Waals surface area contributed by atoms with Gasteiger partial charge in [0, 0.05) is 0 Å². The molecule has 0 nitrogen and oxygen atoms in total. The number of aryl methyl sites for hydroxylation is 4. The molecule has 0 bridgehead atoms. The van der Waals surface area contributed by atoms with Crippen LogP contribution in [0.4, 0.5) is 26.3 Å². The predicted octanol–water partition coefficient (Wildman–Crippen LogP) is 6.50. The molecule has 4 aromatic carbocycles. The molecular formula is C43H42Cl2F6Zr-2. The van der Waals surface area contributed by atoms with E-state index in [4.69, 9.17) is 0 Å². The molecule has 2 aliphatic rings. The van der Waals surface area contributed by atoms with Crippen molar-refractivity contribution in [2.75, 3.05) is 0 Å². The van der Waals surface area contributed by atoms with Gasteiger partial charge >= 0.3 is 137 Å². The third kappa shape index (κ3) is 11.4. The molecule has 0 saturated carbocycles. The summed E-state index contributed by atoms with van der Waals surface area (Å²) in [4.78, 5) is 0. The molecule has 276 valence electrons. The Morgan fingerprint density at radius 3 is 1.67 bits per heavy atom. The van der Waals surface area contributed by atoms with E-state index in [1.54, 1.807) is 0 Å². The molecule has 0 saturated heterocycles. The molecule has 9 heteroatoms. The summed E-state index contributed by atoms with van der Waals surface area (Å²) in [6.45, 7) is 17.6. The number of allylic oxidation sites excluding steroid dienone is 4. The predicted molar refractivity (Wildman–Crippen MR) is 188 cm³/mol. The number of hydrogen-bond acceptors (Lipinski definition) is 0. The van der Waals surface area contributed by atoms with E-state index in [0.29, 0.717) is 14.5 Å². The van der Waals surface area contributed by atoms with E-state index in [2.05, 4.69) is 97.9 Å². The molecule has 0 aliphatic heterocycles. The first-order valence-corrected chi connectivity index (χ1v) is 17.8. The summed E-state index contributed by atoms with van der Waals surface area (Å²) in [5.74, 6) is 0.573. The van der Waals surface area contributed by atoms with Gasteiger partial charge in [-0.2, -0.15) is 34.9 Å². The molecule has 1 unspecified atom stereocenters. The molecule has 0 aromatic heterocycles. The van der Waals surface area contributed by atoms with Crippen molar-refractivity contribution in [2.24, 2.45) is 11.3 Å². The molecule has 0 N–H and O–H groups in total. The molecule has 0 fully saturated rings. The van der Waals surface area contributed by atoms with Gasteiger partial charge < -0.3 is 24.8 Å². The van der Waals surface area contributed by atoms with Crippen molar-refractivity contribution in [3.8, 4) is 11.1 Å². The minimum Gasteiger partial charge on any atom is -1.00 e. The quantitative estimate of drug-likeness (QED) is 0.144. The second kappa shape index (κ2) is 18.1. The molecule has 4 aromatic rings. The Labute approximate surface area is 332 Å². The van der Waals surface area contributed by atoms with Gasteiger partial charge in [-0.05, 0) is 37.0 Å². The van der Waals surface area contributed by atoms with Gasteiger partial charge in [-0.1, -0.05) is 77.0 Å². The van der Waals surface area contributed by atoms with Gasteiger partial charge in [0.2, 0.25) is 0 Å². The Morgan fingerprint density at radius 2 is 1.23 bits per heavy atom. The normalized spacial score (nSPS) is 14.4. The maximum absolute atomic E-state index is 12.7. The second-order valence-corrected chi connectivity index (χ2v) is 15.2. The summed E-state index contributed by atoms with van der Waals surface area (Å²) in [6.07, 6.45) is 1.08. The molecular weight excluding hydrogens is 793 g/mol. The Bertz CT molecular complexity index is 1830. The first-order chi connectivity index (χ1) is 23.2. The average molecular weight is 835 g/mol. The summed E-state index contributed by atoms with van der Waals surface area (Å²) in [6, 6.07) is 19.7. The number of fused-ring (bicyclic) bond motifs is 3. The fourth-order valence-corrected chi connectivity index (χ4v) is 6.49. The number of benzene rings is 4. The van der Waals surface area contributed by atoms with Gasteiger partial charge in [0.15, 0.2) is 0 Å². The van der Waals surface area contributed by atoms with Crippen LogP contribution in [-0.4, -0.2) is 3.21 Å². The topological polar surface area (TPSA) is 0 Å². The Hall–Kier alpha value is -2.73. The van der Waals surface area contributed by atoms with Gasteiger partial charge in [0.25, 0.3) is 0 Å². The van der Waals surface area contributed by atoms with E-state index in [0.717, 1.165) is 54.9 Å². The zero-order valence-corrected chi connectivity index (χ0v) is 34.5. The number of hydrogen-bond donors (Lipinski definition) is 0. The average Bonchev–Trinajstić information content (AvgIpc) is 3.66. The summed E-state index contributed by atoms with van der Waals surface area (Å²) in [7, 11) is 0. The Morgan fingerprint density at radius 1 is 0.731 bits per heavy atom. The zero-order valence-electron chi connectivity index (χ0n) is 30.5. The monoisotopic (exact) mass is 832 g/mol. The van der Waals surface area contributed by atoms with Crippen LogP contribution in [-0.2, 0) is 43.0 Å². The molecule has 1 atom stereocenters. The summed E-state index contributed by atoms with van der Waals surface area (Å²) in [5.41, 5.74) is 11.7. The van der Waals surface area contributed by atoms with E-state index in [1.165, 1.54) is 80.8 Å². The van der Waals surface area contributed by atoms with Crippen LogP contribution in [0.15, 0.2) is 84.5 Å². The number of alkyl halides is 6. The fourth-order valence-electron chi connectivity index (χ4n) is 5.73. The SMILES string of the molecule is CCC1[C-]=CC(C(C)(C)C)=C1.Cc1[c-]c2c(cc1C)-c1cc(C)c(C)cc1C2.FC(F)(F)c1cccc([C](=[Zr+2])c2cccc(C(F)(F)F)c2)c1.[Cl-].[Cl-]. The largest absolute Gasteiger partial charge is 1.00 e. The summed E-state index contributed by atoms with van der Waals surface area (Å²) < 4.78 is 76.7. The van der Waals surface area contributed by atoms with Crippen molar-refractivity contribution >= 4 is 3.21 Å². The Kier molecular flexibility index (Phi) is 15.8. The molecule has 52 heavy (non-hydrogen) atoms. The van der Waals surface area contributed by atoms with Gasteiger partial charge in [0.1, 0.15) is 0 Å². The van der Waals surface area contributed by atoms with E-state index in [1.807, 2.05) is 0 Å². The van der Waals surface area contributed by atoms with Crippen molar-refractivity contribution in [1.29, 1.82) is 0 Å².